The minimum atomic E-state index is 0.533. The van der Waals surface area contributed by atoms with E-state index in [0.29, 0.717) is 6.04 Å². The monoisotopic (exact) mass is 304 g/mol. The third-order valence-corrected chi connectivity index (χ3v) is 4.20. The molecule has 0 amide bonds. The number of carbonyl (C=O) groups is 1. The van der Waals surface area contributed by atoms with E-state index in [9.17, 15) is 4.79 Å². The van der Waals surface area contributed by atoms with Crippen LogP contribution in [0.1, 0.15) is 34.9 Å². The predicted octanol–water partition coefficient (Wildman–Crippen LogP) is 3.77. The number of pyridine rings is 1. The SMILES string of the molecule is Cc1c(C=O)c(Br)c(-c2cccnc2)n1C1CC1. The Morgan fingerprint density at radius 1 is 1.50 bits per heavy atom. The van der Waals surface area contributed by atoms with E-state index >= 15 is 0 Å². The van der Waals surface area contributed by atoms with Crippen molar-refractivity contribution in [3.63, 3.8) is 0 Å². The summed E-state index contributed by atoms with van der Waals surface area (Å²) in [6, 6.07) is 4.48. The average Bonchev–Trinajstić information content (AvgIpc) is 3.18. The van der Waals surface area contributed by atoms with E-state index in [4.69, 9.17) is 0 Å². The molecule has 4 heteroatoms. The zero-order valence-electron chi connectivity index (χ0n) is 10.1. The van der Waals surface area contributed by atoms with Crippen LogP contribution >= 0.6 is 15.9 Å². The third-order valence-electron chi connectivity index (χ3n) is 3.40. The van der Waals surface area contributed by atoms with Gasteiger partial charge >= 0.3 is 0 Å². The van der Waals surface area contributed by atoms with Crippen LogP contribution in [0.25, 0.3) is 11.3 Å². The van der Waals surface area contributed by atoms with E-state index in [1.165, 1.54) is 12.8 Å². The van der Waals surface area contributed by atoms with Crippen LogP contribution < -0.4 is 0 Å². The summed E-state index contributed by atoms with van der Waals surface area (Å²) in [6.45, 7) is 2.01. The van der Waals surface area contributed by atoms with Gasteiger partial charge in [-0.3, -0.25) is 9.78 Å². The van der Waals surface area contributed by atoms with Crippen LogP contribution in [0.5, 0.6) is 0 Å². The Labute approximate surface area is 114 Å². The van der Waals surface area contributed by atoms with Crippen molar-refractivity contribution in [2.45, 2.75) is 25.8 Å². The maximum Gasteiger partial charge on any atom is 0.153 e. The lowest BCUT2D eigenvalue weighted by molar-refractivity contribution is 0.112. The molecule has 0 unspecified atom stereocenters. The molecular formula is C14H13BrN2O. The molecule has 2 aromatic heterocycles. The molecule has 0 saturated heterocycles. The Balaban J connectivity index is 2.27. The summed E-state index contributed by atoms with van der Waals surface area (Å²) >= 11 is 3.57. The lowest BCUT2D eigenvalue weighted by Gasteiger charge is -2.10. The Hall–Kier alpha value is -1.42. The first-order valence-corrected chi connectivity index (χ1v) is 6.79. The van der Waals surface area contributed by atoms with Gasteiger partial charge < -0.3 is 4.57 Å². The second kappa shape index (κ2) is 4.35. The molecule has 0 N–H and O–H groups in total. The summed E-state index contributed by atoms with van der Waals surface area (Å²) in [5.74, 6) is 0. The fourth-order valence-electron chi connectivity index (χ4n) is 2.38. The first-order chi connectivity index (χ1) is 8.74. The molecule has 0 spiro atoms. The molecule has 0 bridgehead atoms. The highest BCUT2D eigenvalue weighted by molar-refractivity contribution is 9.10. The van der Waals surface area contributed by atoms with E-state index in [2.05, 4.69) is 25.5 Å². The van der Waals surface area contributed by atoms with Gasteiger partial charge in [0.05, 0.1) is 10.2 Å². The molecule has 3 rings (SSSR count). The zero-order valence-corrected chi connectivity index (χ0v) is 11.6. The fraction of sp³-hybridized carbons (Fsp3) is 0.286. The van der Waals surface area contributed by atoms with Crippen LogP contribution in [-0.4, -0.2) is 15.8 Å². The van der Waals surface area contributed by atoms with Gasteiger partial charge in [0.2, 0.25) is 0 Å². The van der Waals surface area contributed by atoms with Gasteiger partial charge in [0.15, 0.2) is 6.29 Å². The second-order valence-corrected chi connectivity index (χ2v) is 5.42. The molecule has 2 heterocycles. The Bertz CT molecular complexity index is 600. The molecule has 18 heavy (non-hydrogen) atoms. The van der Waals surface area contributed by atoms with Crippen LogP contribution in [0, 0.1) is 6.92 Å². The lowest BCUT2D eigenvalue weighted by atomic mass is 10.2. The van der Waals surface area contributed by atoms with Crippen molar-refractivity contribution in [3.05, 3.63) is 40.3 Å². The quantitative estimate of drug-likeness (QED) is 0.809. The Morgan fingerprint density at radius 2 is 2.28 bits per heavy atom. The molecule has 0 aromatic carbocycles. The Kier molecular flexibility index (Phi) is 2.82. The van der Waals surface area contributed by atoms with Crippen molar-refractivity contribution in [2.75, 3.05) is 0 Å². The van der Waals surface area contributed by atoms with E-state index in [1.54, 1.807) is 6.20 Å². The molecule has 0 aliphatic heterocycles. The van der Waals surface area contributed by atoms with Gasteiger partial charge in [-0.1, -0.05) is 0 Å². The molecule has 3 nitrogen and oxygen atoms in total. The number of hydrogen-bond donors (Lipinski definition) is 0. The first-order valence-electron chi connectivity index (χ1n) is 6.00. The van der Waals surface area contributed by atoms with Gasteiger partial charge in [-0.05, 0) is 47.8 Å². The van der Waals surface area contributed by atoms with Crippen molar-refractivity contribution >= 4 is 22.2 Å². The number of rotatable bonds is 3. The maximum absolute atomic E-state index is 11.2. The van der Waals surface area contributed by atoms with Crippen LogP contribution in [-0.2, 0) is 0 Å². The molecule has 1 fully saturated rings. The van der Waals surface area contributed by atoms with Crippen molar-refractivity contribution in [3.8, 4) is 11.3 Å². The summed E-state index contributed by atoms with van der Waals surface area (Å²) in [6.07, 6.45) is 6.90. The molecular weight excluding hydrogens is 292 g/mol. The van der Waals surface area contributed by atoms with Crippen molar-refractivity contribution in [2.24, 2.45) is 0 Å². The normalized spacial score (nSPS) is 14.8. The summed E-state index contributed by atoms with van der Waals surface area (Å²) in [5.41, 5.74) is 3.91. The van der Waals surface area contributed by atoms with Crippen molar-refractivity contribution in [1.29, 1.82) is 0 Å². The van der Waals surface area contributed by atoms with E-state index in [1.807, 2.05) is 25.3 Å². The van der Waals surface area contributed by atoms with Gasteiger partial charge in [-0.15, -0.1) is 0 Å². The lowest BCUT2D eigenvalue weighted by Crippen LogP contribution is -2.00. The fourth-order valence-corrected chi connectivity index (χ4v) is 3.18. The third kappa shape index (κ3) is 1.72. The largest absolute Gasteiger partial charge is 0.340 e. The second-order valence-electron chi connectivity index (χ2n) is 4.62. The van der Waals surface area contributed by atoms with Crippen LogP contribution in [0.2, 0.25) is 0 Å². The summed E-state index contributed by atoms with van der Waals surface area (Å²) in [5, 5.41) is 0. The molecule has 0 atom stereocenters. The van der Waals surface area contributed by atoms with Crippen molar-refractivity contribution < 1.29 is 4.79 Å². The highest BCUT2D eigenvalue weighted by atomic mass is 79.9. The van der Waals surface area contributed by atoms with Crippen LogP contribution in [0.4, 0.5) is 0 Å². The Morgan fingerprint density at radius 3 is 2.83 bits per heavy atom. The minimum Gasteiger partial charge on any atom is -0.340 e. The van der Waals surface area contributed by atoms with Gasteiger partial charge in [0.25, 0.3) is 0 Å². The van der Waals surface area contributed by atoms with Crippen LogP contribution in [0.3, 0.4) is 0 Å². The number of halogens is 1. The molecule has 0 radical (unpaired) electrons. The number of hydrogen-bond acceptors (Lipinski definition) is 2. The number of aromatic nitrogens is 2. The molecule has 1 aliphatic carbocycles. The minimum absolute atomic E-state index is 0.533. The standard InChI is InChI=1S/C14H13BrN2O/c1-9-12(8-18)13(15)14(17(9)11-4-5-11)10-3-2-6-16-7-10/h2-3,6-8,11H,4-5H2,1H3. The van der Waals surface area contributed by atoms with E-state index in [0.717, 1.165) is 33.3 Å². The van der Waals surface area contributed by atoms with Crippen LogP contribution in [0.15, 0.2) is 29.0 Å². The van der Waals surface area contributed by atoms with E-state index in [-0.39, 0.29) is 0 Å². The number of carbonyl (C=O) groups excluding carboxylic acids is 1. The highest BCUT2D eigenvalue weighted by Crippen LogP contribution is 2.44. The van der Waals surface area contributed by atoms with Gasteiger partial charge in [-0.2, -0.15) is 0 Å². The smallest absolute Gasteiger partial charge is 0.153 e. The molecule has 2 aromatic rings. The van der Waals surface area contributed by atoms with Gasteiger partial charge in [-0.25, -0.2) is 0 Å². The number of aldehydes is 1. The molecule has 1 aliphatic rings. The van der Waals surface area contributed by atoms with Gasteiger partial charge in [0.1, 0.15) is 0 Å². The summed E-state index contributed by atoms with van der Waals surface area (Å²) in [7, 11) is 0. The molecule has 1 saturated carbocycles. The van der Waals surface area contributed by atoms with Gasteiger partial charge in [0, 0.05) is 35.3 Å². The number of nitrogens with zero attached hydrogens (tertiary/aromatic N) is 2. The zero-order chi connectivity index (χ0) is 12.7. The van der Waals surface area contributed by atoms with Crippen molar-refractivity contribution in [1.82, 2.24) is 9.55 Å². The molecule has 92 valence electrons. The first kappa shape index (κ1) is 11.7. The van der Waals surface area contributed by atoms with E-state index < -0.39 is 0 Å². The average molecular weight is 305 g/mol. The predicted molar refractivity (Wildman–Crippen MR) is 73.8 cm³/mol. The topological polar surface area (TPSA) is 34.9 Å². The summed E-state index contributed by atoms with van der Waals surface area (Å²) in [4.78, 5) is 15.4. The highest BCUT2D eigenvalue weighted by Gasteiger charge is 2.30. The summed E-state index contributed by atoms with van der Waals surface area (Å²) < 4.78 is 3.15. The maximum atomic E-state index is 11.2.